The molecular formula is C36H54F2O5Si. The minimum absolute atomic E-state index is 0.0375. The molecule has 1 aromatic carbocycles. The molecule has 0 aliphatic heterocycles. The fourth-order valence-corrected chi connectivity index (χ4v) is 6.23. The first-order valence-corrected chi connectivity index (χ1v) is 18.9. The second kappa shape index (κ2) is 17.3. The zero-order valence-corrected chi connectivity index (χ0v) is 29.0. The van der Waals surface area contributed by atoms with Gasteiger partial charge in [-0.15, -0.1) is 0 Å². The molecule has 4 atom stereocenters. The van der Waals surface area contributed by atoms with E-state index in [1.54, 1.807) is 6.08 Å². The third kappa shape index (κ3) is 12.2. The molecule has 0 saturated heterocycles. The molecule has 8 heteroatoms. The number of Topliss-reactive ketones (excluding diaryl/α,β-unsaturated/α-hetero) is 1. The Balaban J connectivity index is 2.29. The quantitative estimate of drug-likeness (QED) is 0.0741. The molecule has 1 aliphatic carbocycles. The average Bonchev–Trinajstić information content (AvgIpc) is 3.21. The number of hydrogen-bond acceptors (Lipinski definition) is 5. The highest BCUT2D eigenvalue weighted by atomic mass is 28.4. The molecule has 1 saturated carbocycles. The number of ether oxygens (including phenoxy) is 2. The Bertz CT molecular complexity index is 1120. The predicted octanol–water partition coefficient (Wildman–Crippen LogP) is 9.39. The first-order valence-electron chi connectivity index (χ1n) is 16.0. The predicted molar refractivity (Wildman–Crippen MR) is 176 cm³/mol. The number of carbonyl (C=O) groups excluding carboxylic acids is 2. The third-order valence-electron chi connectivity index (χ3n) is 8.37. The summed E-state index contributed by atoms with van der Waals surface area (Å²) >= 11 is 0. The number of allylic oxidation sites excluding steroid dienone is 3. The molecule has 5 nitrogen and oxygen atoms in total. The van der Waals surface area contributed by atoms with Crippen LogP contribution in [0, 0.1) is 11.8 Å². The van der Waals surface area contributed by atoms with Crippen molar-refractivity contribution in [3.05, 3.63) is 72.4 Å². The van der Waals surface area contributed by atoms with Gasteiger partial charge in [-0.25, -0.2) is 0 Å². The van der Waals surface area contributed by atoms with Crippen molar-refractivity contribution in [2.75, 3.05) is 0 Å². The molecule has 0 radical (unpaired) electrons. The number of unbranched alkanes of at least 4 members (excludes halogenated alkanes) is 1. The summed E-state index contributed by atoms with van der Waals surface area (Å²) in [6.45, 7) is 16.2. The molecule has 0 N–H and O–H groups in total. The minimum atomic E-state index is -3.23. The summed E-state index contributed by atoms with van der Waals surface area (Å²) in [6, 6.07) is 9.25. The van der Waals surface area contributed by atoms with E-state index in [2.05, 4.69) is 33.9 Å². The Kier molecular flexibility index (Phi) is 14.9. The van der Waals surface area contributed by atoms with Crippen molar-refractivity contribution >= 4 is 20.1 Å². The molecule has 44 heavy (non-hydrogen) atoms. The molecule has 0 amide bonds. The van der Waals surface area contributed by atoms with Crippen molar-refractivity contribution in [1.29, 1.82) is 0 Å². The lowest BCUT2D eigenvalue weighted by Crippen LogP contribution is -2.45. The smallest absolute Gasteiger partial charge is 0.306 e. The largest absolute Gasteiger partial charge is 0.463 e. The average molecular weight is 633 g/mol. The van der Waals surface area contributed by atoms with Crippen molar-refractivity contribution < 1.29 is 32.3 Å². The molecule has 1 aliphatic rings. The van der Waals surface area contributed by atoms with Crippen LogP contribution in [0.5, 0.6) is 0 Å². The van der Waals surface area contributed by atoms with Crippen molar-refractivity contribution in [3.63, 3.8) is 0 Å². The lowest BCUT2D eigenvalue weighted by Gasteiger charge is -2.39. The van der Waals surface area contributed by atoms with Crippen LogP contribution in [-0.2, 0) is 30.1 Å². The number of esters is 1. The van der Waals surface area contributed by atoms with Gasteiger partial charge in [0, 0.05) is 24.7 Å². The van der Waals surface area contributed by atoms with E-state index in [1.807, 2.05) is 63.3 Å². The number of benzene rings is 1. The lowest BCUT2D eigenvalue weighted by molar-refractivity contribution is -0.147. The van der Waals surface area contributed by atoms with Gasteiger partial charge in [0.05, 0.1) is 18.8 Å². The molecule has 0 bridgehead atoms. The zero-order chi connectivity index (χ0) is 33.0. The van der Waals surface area contributed by atoms with Gasteiger partial charge in [0.2, 0.25) is 0 Å². The normalized spacial score (nSPS) is 20.9. The fraction of sp³-hybridized carbons (Fsp3) is 0.611. The Morgan fingerprint density at radius 3 is 2.39 bits per heavy atom. The van der Waals surface area contributed by atoms with Crippen molar-refractivity contribution in [2.24, 2.45) is 11.8 Å². The van der Waals surface area contributed by atoms with E-state index in [9.17, 15) is 9.59 Å². The zero-order valence-electron chi connectivity index (χ0n) is 28.0. The monoisotopic (exact) mass is 632 g/mol. The number of rotatable bonds is 17. The van der Waals surface area contributed by atoms with Gasteiger partial charge in [-0.3, -0.25) is 9.59 Å². The summed E-state index contributed by atoms with van der Waals surface area (Å²) in [5.41, 5.74) is 0.803. The van der Waals surface area contributed by atoms with E-state index in [-0.39, 0.29) is 41.8 Å². The molecular weight excluding hydrogens is 578 g/mol. The fourth-order valence-electron chi connectivity index (χ4n) is 4.88. The first kappa shape index (κ1) is 37.8. The van der Waals surface area contributed by atoms with E-state index in [0.29, 0.717) is 32.1 Å². The Hall–Kier alpha value is -2.42. The van der Waals surface area contributed by atoms with Gasteiger partial charge < -0.3 is 13.9 Å². The molecule has 0 aromatic heterocycles. The van der Waals surface area contributed by atoms with Crippen LogP contribution >= 0.6 is 0 Å². The molecule has 2 rings (SSSR count). The summed E-state index contributed by atoms with van der Waals surface area (Å²) in [5.74, 6) is -4.13. The Morgan fingerprint density at radius 2 is 1.77 bits per heavy atom. The highest BCUT2D eigenvalue weighted by molar-refractivity contribution is 6.74. The van der Waals surface area contributed by atoms with Gasteiger partial charge in [-0.1, -0.05) is 88.4 Å². The van der Waals surface area contributed by atoms with Gasteiger partial charge >= 0.3 is 5.97 Å². The SMILES string of the molecule is CCC=CC(F)(F)C(C=C[C@H]1[C@H](O[Si](C)(C)C(C)(C)C)CC(=O)[C@@H]1CC=CCCCC(=O)OC(C)C)OCc1ccccc1. The van der Waals surface area contributed by atoms with Crippen LogP contribution in [0.4, 0.5) is 8.78 Å². The molecule has 246 valence electrons. The van der Waals surface area contributed by atoms with Gasteiger partial charge in [0.15, 0.2) is 8.32 Å². The van der Waals surface area contributed by atoms with Gasteiger partial charge in [-0.05, 0) is 69.3 Å². The van der Waals surface area contributed by atoms with Crippen LogP contribution in [0.2, 0.25) is 18.1 Å². The standard InChI is InChI=1S/C36H54F2O5Si/c1-9-10-24-36(37,38)33(41-26-28-18-14-13-15-19-28)23-22-30-29(20-16-11-12-17-21-34(40)42-27(2)3)31(39)25-32(30)43-44(7,8)35(4,5)6/h10-11,13-16,18-19,22-24,27,29-30,32-33H,9,12,17,20-21,25-26H2,1-8H3/t29-,30-,32-,33?/m1/s1. The van der Waals surface area contributed by atoms with E-state index < -0.39 is 32.4 Å². The first-order chi connectivity index (χ1) is 20.6. The minimum Gasteiger partial charge on any atom is -0.463 e. The summed E-state index contributed by atoms with van der Waals surface area (Å²) in [7, 11) is -2.25. The van der Waals surface area contributed by atoms with Gasteiger partial charge in [0.25, 0.3) is 5.92 Å². The maximum Gasteiger partial charge on any atom is 0.306 e. The van der Waals surface area contributed by atoms with Crippen molar-refractivity contribution in [2.45, 2.75) is 129 Å². The van der Waals surface area contributed by atoms with E-state index >= 15 is 8.78 Å². The van der Waals surface area contributed by atoms with E-state index in [0.717, 1.165) is 11.6 Å². The van der Waals surface area contributed by atoms with E-state index in [1.165, 1.54) is 12.2 Å². The second-order valence-corrected chi connectivity index (χ2v) is 18.3. The number of ketones is 1. The number of alkyl halides is 2. The lowest BCUT2D eigenvalue weighted by atomic mass is 9.90. The Labute approximate surface area is 265 Å². The topological polar surface area (TPSA) is 61.8 Å². The van der Waals surface area contributed by atoms with Crippen LogP contribution in [-0.4, -0.2) is 44.3 Å². The van der Waals surface area contributed by atoms with Crippen LogP contribution in [0.25, 0.3) is 0 Å². The van der Waals surface area contributed by atoms with E-state index in [4.69, 9.17) is 13.9 Å². The van der Waals surface area contributed by atoms with Crippen LogP contribution in [0.15, 0.2) is 66.8 Å². The van der Waals surface area contributed by atoms with Gasteiger partial charge in [0.1, 0.15) is 11.9 Å². The molecule has 1 fully saturated rings. The highest BCUT2D eigenvalue weighted by Gasteiger charge is 2.47. The molecule has 1 unspecified atom stereocenters. The maximum absolute atomic E-state index is 15.4. The van der Waals surface area contributed by atoms with Crippen molar-refractivity contribution in [1.82, 2.24) is 0 Å². The van der Waals surface area contributed by atoms with Crippen molar-refractivity contribution in [3.8, 4) is 0 Å². The van der Waals surface area contributed by atoms with Gasteiger partial charge in [-0.2, -0.15) is 8.78 Å². The summed E-state index contributed by atoms with van der Waals surface area (Å²) in [6.07, 6.45) is 10.3. The second-order valence-electron chi connectivity index (χ2n) is 13.5. The summed E-state index contributed by atoms with van der Waals surface area (Å²) in [5, 5.41) is -0.0711. The summed E-state index contributed by atoms with van der Waals surface area (Å²) < 4.78 is 48.5. The number of carbonyl (C=O) groups is 2. The Morgan fingerprint density at radius 1 is 1.09 bits per heavy atom. The third-order valence-corrected chi connectivity index (χ3v) is 12.9. The maximum atomic E-state index is 15.4. The number of halogens is 2. The summed E-state index contributed by atoms with van der Waals surface area (Å²) in [4.78, 5) is 25.2. The molecule has 0 heterocycles. The van der Waals surface area contributed by atoms with Crippen LogP contribution in [0.3, 0.4) is 0 Å². The number of hydrogen-bond donors (Lipinski definition) is 0. The highest BCUT2D eigenvalue weighted by Crippen LogP contribution is 2.43. The van der Waals surface area contributed by atoms with Crippen LogP contribution in [0.1, 0.15) is 85.6 Å². The molecule has 1 aromatic rings. The van der Waals surface area contributed by atoms with Crippen LogP contribution < -0.4 is 0 Å². The molecule has 0 spiro atoms.